The molecule has 0 fully saturated rings. The van der Waals surface area contributed by atoms with E-state index in [1.165, 1.54) is 0 Å². The fourth-order valence-corrected chi connectivity index (χ4v) is 3.68. The second-order valence-corrected chi connectivity index (χ2v) is 7.04. The summed E-state index contributed by atoms with van der Waals surface area (Å²) in [6, 6.07) is 0. The Hall–Kier alpha value is 0.797. The van der Waals surface area contributed by atoms with Crippen LogP contribution in [0.15, 0.2) is 0 Å². The van der Waals surface area contributed by atoms with Gasteiger partial charge in [-0.2, -0.15) is 25.3 Å². The van der Waals surface area contributed by atoms with E-state index >= 15 is 0 Å². The van der Waals surface area contributed by atoms with E-state index < -0.39 is 8.80 Å². The van der Waals surface area contributed by atoms with Gasteiger partial charge in [-0.3, -0.25) is 0 Å². The number of thiol groups is 2. The molecule has 0 aromatic rings. The number of rotatable bonds is 8. The molecule has 0 aromatic carbocycles. The largest absolute Gasteiger partial charge is 0.512 e. The zero-order chi connectivity index (χ0) is 11.0. The number of hydrogen-bond acceptors (Lipinski definition) is 5. The van der Waals surface area contributed by atoms with Crippen molar-refractivity contribution >= 4 is 34.1 Å². The zero-order valence-corrected chi connectivity index (χ0v) is 11.6. The Bertz CT molecular complexity index is 141. The van der Waals surface area contributed by atoms with Crippen molar-refractivity contribution in [1.29, 1.82) is 0 Å². The lowest BCUT2D eigenvalue weighted by Gasteiger charge is -2.27. The molecule has 0 radical (unpaired) electrons. The predicted octanol–water partition coefficient (Wildman–Crippen LogP) is 1.54. The van der Waals surface area contributed by atoms with Crippen LogP contribution in [-0.4, -0.2) is 37.4 Å². The summed E-state index contributed by atoms with van der Waals surface area (Å²) >= 11 is 8.33. The topological polar surface area (TPSA) is 38.7 Å². The minimum Gasteiger partial charge on any atom is -0.389 e. The Balaban J connectivity index is 4.16. The molecule has 6 heteroatoms. The minimum atomic E-state index is -3.11. The molecule has 0 bridgehead atoms. The Morgan fingerprint density at radius 1 is 1.21 bits per heavy atom. The third-order valence-electron chi connectivity index (χ3n) is 1.62. The first kappa shape index (κ1) is 14.8. The van der Waals surface area contributed by atoms with E-state index in [4.69, 9.17) is 8.85 Å². The van der Waals surface area contributed by atoms with E-state index in [0.717, 1.165) is 12.8 Å². The molecule has 1 N–H and O–H groups in total. The van der Waals surface area contributed by atoms with Gasteiger partial charge in [0.25, 0.3) is 0 Å². The third-order valence-corrected chi connectivity index (χ3v) is 6.06. The van der Waals surface area contributed by atoms with Crippen LogP contribution in [0.2, 0.25) is 0 Å². The Morgan fingerprint density at radius 3 is 1.93 bits per heavy atom. The summed E-state index contributed by atoms with van der Waals surface area (Å²) in [7, 11) is -3.11. The lowest BCUT2D eigenvalue weighted by molar-refractivity contribution is 0.0974. The Labute approximate surface area is 98.4 Å². The third kappa shape index (κ3) is 5.04. The molecular formula is C8H20O3S2Si. The summed E-state index contributed by atoms with van der Waals surface area (Å²) in [6.45, 7) is 5.00. The molecule has 0 spiro atoms. The molecule has 0 heterocycles. The highest BCUT2D eigenvalue weighted by atomic mass is 32.1. The van der Waals surface area contributed by atoms with E-state index in [1.807, 2.05) is 13.8 Å². The minimum absolute atomic E-state index is 0.302. The van der Waals surface area contributed by atoms with Gasteiger partial charge in [0.05, 0.1) is 4.87 Å². The van der Waals surface area contributed by atoms with Gasteiger partial charge in [-0.05, 0) is 12.8 Å². The monoisotopic (exact) mass is 256 g/mol. The van der Waals surface area contributed by atoms with Crippen molar-refractivity contribution < 1.29 is 13.6 Å². The van der Waals surface area contributed by atoms with Crippen molar-refractivity contribution in [2.75, 3.05) is 19.0 Å². The standard InChI is InChI=1S/C8H20O3S2Si/c1-3-5-10-14(9,8(13)7-12)11-6-4-2/h8-9,12-13H,3-7H2,1-2H3. The van der Waals surface area contributed by atoms with Crippen molar-refractivity contribution in [3.63, 3.8) is 0 Å². The molecule has 3 nitrogen and oxygen atoms in total. The fourth-order valence-electron chi connectivity index (χ4n) is 0.846. The second-order valence-electron chi connectivity index (χ2n) is 3.03. The second kappa shape index (κ2) is 8.01. The summed E-state index contributed by atoms with van der Waals surface area (Å²) in [4.78, 5) is 9.81. The molecular weight excluding hydrogens is 236 g/mol. The fraction of sp³-hybridized carbons (Fsp3) is 1.00. The highest BCUT2D eigenvalue weighted by molar-refractivity contribution is 7.86. The first-order valence-corrected chi connectivity index (χ1v) is 7.88. The van der Waals surface area contributed by atoms with Crippen LogP contribution in [0.1, 0.15) is 26.7 Å². The van der Waals surface area contributed by atoms with Crippen molar-refractivity contribution in [1.82, 2.24) is 0 Å². The van der Waals surface area contributed by atoms with E-state index in [9.17, 15) is 4.80 Å². The van der Waals surface area contributed by atoms with Gasteiger partial charge >= 0.3 is 8.80 Å². The predicted molar refractivity (Wildman–Crippen MR) is 67.1 cm³/mol. The van der Waals surface area contributed by atoms with Crippen LogP contribution >= 0.6 is 25.3 Å². The van der Waals surface area contributed by atoms with Gasteiger partial charge < -0.3 is 13.6 Å². The van der Waals surface area contributed by atoms with Crippen molar-refractivity contribution in [3.05, 3.63) is 0 Å². The van der Waals surface area contributed by atoms with Gasteiger partial charge in [-0.25, -0.2) is 0 Å². The Kier molecular flexibility index (Phi) is 8.46. The number of hydrogen-bond donors (Lipinski definition) is 3. The molecule has 0 aromatic heterocycles. The molecule has 0 saturated carbocycles. The van der Waals surface area contributed by atoms with Crippen LogP contribution in [0.3, 0.4) is 0 Å². The van der Waals surface area contributed by atoms with Gasteiger partial charge in [0.2, 0.25) is 0 Å². The van der Waals surface area contributed by atoms with Crippen LogP contribution < -0.4 is 0 Å². The molecule has 0 aliphatic heterocycles. The normalized spacial score (nSPS) is 14.4. The zero-order valence-electron chi connectivity index (χ0n) is 8.77. The summed E-state index contributed by atoms with van der Waals surface area (Å²) in [5, 5.41) is 0. The van der Waals surface area contributed by atoms with Crippen LogP contribution in [0, 0.1) is 0 Å². The summed E-state index contributed by atoms with van der Waals surface area (Å²) < 4.78 is 10.8. The first-order chi connectivity index (χ1) is 6.60. The van der Waals surface area contributed by atoms with Crippen LogP contribution in [-0.2, 0) is 8.85 Å². The maximum Gasteiger partial charge on any atom is 0.512 e. The highest BCUT2D eigenvalue weighted by Crippen LogP contribution is 2.16. The van der Waals surface area contributed by atoms with Crippen molar-refractivity contribution in [2.45, 2.75) is 31.6 Å². The molecule has 0 rings (SSSR count). The van der Waals surface area contributed by atoms with Crippen molar-refractivity contribution in [3.8, 4) is 0 Å². The van der Waals surface area contributed by atoms with Gasteiger partial charge in [-0.1, -0.05) is 13.8 Å². The Morgan fingerprint density at radius 2 is 1.64 bits per heavy atom. The molecule has 0 amide bonds. The molecule has 0 aliphatic rings. The maximum atomic E-state index is 10.1. The van der Waals surface area contributed by atoms with Crippen LogP contribution in [0.4, 0.5) is 0 Å². The average molecular weight is 256 g/mol. The van der Waals surface area contributed by atoms with Gasteiger partial charge in [0.15, 0.2) is 0 Å². The molecule has 1 atom stereocenters. The molecule has 1 unspecified atom stereocenters. The van der Waals surface area contributed by atoms with E-state index in [-0.39, 0.29) is 4.87 Å². The van der Waals surface area contributed by atoms with E-state index in [1.54, 1.807) is 0 Å². The van der Waals surface area contributed by atoms with Gasteiger partial charge in [0, 0.05) is 19.0 Å². The molecule has 0 aliphatic carbocycles. The molecule has 86 valence electrons. The van der Waals surface area contributed by atoms with Crippen LogP contribution in [0.5, 0.6) is 0 Å². The lowest BCUT2D eigenvalue weighted by atomic mass is 10.5. The summed E-state index contributed by atoms with van der Waals surface area (Å²) in [5.74, 6) is 0.458. The van der Waals surface area contributed by atoms with E-state index in [2.05, 4.69) is 25.3 Å². The van der Waals surface area contributed by atoms with Gasteiger partial charge in [0.1, 0.15) is 0 Å². The first-order valence-electron chi connectivity index (χ1n) is 4.89. The van der Waals surface area contributed by atoms with Crippen molar-refractivity contribution in [2.24, 2.45) is 0 Å². The van der Waals surface area contributed by atoms with Gasteiger partial charge in [-0.15, -0.1) is 0 Å². The molecule has 0 saturated heterocycles. The summed E-state index contributed by atoms with van der Waals surface area (Å²) in [5.41, 5.74) is 0. The molecule has 14 heavy (non-hydrogen) atoms. The quantitative estimate of drug-likeness (QED) is 0.456. The summed E-state index contributed by atoms with van der Waals surface area (Å²) in [6.07, 6.45) is 1.72. The lowest BCUT2D eigenvalue weighted by Crippen LogP contribution is -2.53. The maximum absolute atomic E-state index is 10.1. The average Bonchev–Trinajstić information content (AvgIpc) is 2.22. The van der Waals surface area contributed by atoms with Crippen LogP contribution in [0.25, 0.3) is 0 Å². The SMILES string of the molecule is CCCO[Si](O)(OCCC)C(S)CS. The highest BCUT2D eigenvalue weighted by Gasteiger charge is 2.43. The smallest absolute Gasteiger partial charge is 0.389 e. The van der Waals surface area contributed by atoms with E-state index in [0.29, 0.717) is 19.0 Å².